The summed E-state index contributed by atoms with van der Waals surface area (Å²) in [6, 6.07) is 3.97. The first-order chi connectivity index (χ1) is 15.5. The van der Waals surface area contributed by atoms with Crippen molar-refractivity contribution in [3.05, 3.63) is 23.3 Å². The fourth-order valence-corrected chi connectivity index (χ4v) is 4.33. The quantitative estimate of drug-likeness (QED) is 0.162. The zero-order valence-electron chi connectivity index (χ0n) is 21.8. The summed E-state index contributed by atoms with van der Waals surface area (Å²) in [5.41, 5.74) is 9.31. The molecule has 0 saturated heterocycles. The first-order valence-corrected chi connectivity index (χ1v) is 13.6. The average Bonchev–Trinajstić information content (AvgIpc) is 2.77. The van der Waals surface area contributed by atoms with Gasteiger partial charge in [-0.25, -0.2) is 0 Å². The Balaban J connectivity index is 2.90. The number of hydrogen-bond acceptors (Lipinski definition) is 4. The molecule has 0 heterocycles. The predicted molar refractivity (Wildman–Crippen MR) is 141 cm³/mol. The molecule has 0 radical (unpaired) electrons. The first kappa shape index (κ1) is 28.8. The van der Waals surface area contributed by atoms with Gasteiger partial charge in [-0.15, -0.1) is 0 Å². The minimum atomic E-state index is 0.353. The van der Waals surface area contributed by atoms with E-state index in [2.05, 4.69) is 43.6 Å². The Morgan fingerprint density at radius 2 is 0.969 bits per heavy atom. The number of nitrogens with two attached hydrogens (primary N) is 1. The molecule has 0 amide bonds. The lowest BCUT2D eigenvalue weighted by atomic mass is 10.0. The molecule has 0 aromatic heterocycles. The fourth-order valence-electron chi connectivity index (χ4n) is 4.33. The van der Waals surface area contributed by atoms with Gasteiger partial charge in [-0.2, -0.15) is 0 Å². The van der Waals surface area contributed by atoms with Crippen molar-refractivity contribution in [3.63, 3.8) is 0 Å². The third-order valence-electron chi connectivity index (χ3n) is 6.44. The molecule has 1 rings (SSSR count). The highest BCUT2D eigenvalue weighted by atomic mass is 16.3. The van der Waals surface area contributed by atoms with Crippen LogP contribution in [0, 0.1) is 0 Å². The van der Waals surface area contributed by atoms with Gasteiger partial charge in [0, 0.05) is 30.4 Å². The van der Waals surface area contributed by atoms with Gasteiger partial charge in [0.1, 0.15) is 5.75 Å². The van der Waals surface area contributed by atoms with E-state index in [0.29, 0.717) is 5.75 Å². The maximum atomic E-state index is 10.7. The van der Waals surface area contributed by atoms with Crippen LogP contribution >= 0.6 is 0 Å². The molecule has 0 aliphatic carbocycles. The van der Waals surface area contributed by atoms with Crippen molar-refractivity contribution in [2.24, 2.45) is 0 Å². The van der Waals surface area contributed by atoms with Crippen molar-refractivity contribution in [3.8, 4) is 5.75 Å². The summed E-state index contributed by atoms with van der Waals surface area (Å²) in [5.74, 6) is 0.353. The zero-order chi connectivity index (χ0) is 23.6. The van der Waals surface area contributed by atoms with E-state index >= 15 is 0 Å². The van der Waals surface area contributed by atoms with E-state index in [4.69, 9.17) is 5.73 Å². The van der Waals surface area contributed by atoms with Crippen LogP contribution in [0.2, 0.25) is 0 Å². The number of phenolic OH excluding ortho intramolecular Hbond substituents is 1. The topological polar surface area (TPSA) is 52.7 Å². The number of aromatic hydroxyl groups is 1. The van der Waals surface area contributed by atoms with Crippen LogP contribution in [0.3, 0.4) is 0 Å². The summed E-state index contributed by atoms with van der Waals surface area (Å²) in [5, 5.41) is 10.7. The van der Waals surface area contributed by atoms with Crippen LogP contribution in [0.5, 0.6) is 5.75 Å². The Morgan fingerprint density at radius 3 is 1.34 bits per heavy atom. The van der Waals surface area contributed by atoms with Gasteiger partial charge in [0.2, 0.25) is 0 Å². The standard InChI is InChI=1S/C28H53N3O/c1-5-9-13-17-30(18-14-10-6-2)23-25-21-26(28(32)22-27(25)29)24-31(19-15-11-7-3)20-16-12-8-4/h21-22,32H,5-20,23-24,29H2,1-4H3. The second kappa shape index (κ2) is 18.2. The molecule has 0 unspecified atom stereocenters. The van der Waals surface area contributed by atoms with E-state index in [0.717, 1.165) is 50.5 Å². The molecule has 0 aliphatic heterocycles. The van der Waals surface area contributed by atoms with Crippen LogP contribution in [0.15, 0.2) is 12.1 Å². The molecule has 0 saturated carbocycles. The van der Waals surface area contributed by atoms with E-state index in [1.54, 1.807) is 6.07 Å². The Hall–Kier alpha value is -1.26. The van der Waals surface area contributed by atoms with E-state index in [1.807, 2.05) is 0 Å². The summed E-state index contributed by atoms with van der Waals surface area (Å²) in [4.78, 5) is 5.10. The Labute approximate surface area is 199 Å². The molecule has 0 spiro atoms. The molecule has 4 nitrogen and oxygen atoms in total. The van der Waals surface area contributed by atoms with E-state index in [-0.39, 0.29) is 0 Å². The minimum Gasteiger partial charge on any atom is -0.508 e. The van der Waals surface area contributed by atoms with Crippen molar-refractivity contribution in [2.75, 3.05) is 31.9 Å². The van der Waals surface area contributed by atoms with Crippen LogP contribution in [0.25, 0.3) is 0 Å². The number of phenols is 1. The SMILES string of the molecule is CCCCCN(CCCCC)Cc1cc(CN(CCCCC)CCCCC)c(O)cc1N. The van der Waals surface area contributed by atoms with Crippen molar-refractivity contribution in [1.29, 1.82) is 0 Å². The summed E-state index contributed by atoms with van der Waals surface area (Å²) < 4.78 is 0. The Morgan fingerprint density at radius 1 is 0.594 bits per heavy atom. The van der Waals surface area contributed by atoms with Gasteiger partial charge in [0.15, 0.2) is 0 Å². The molecular weight excluding hydrogens is 394 g/mol. The van der Waals surface area contributed by atoms with E-state index in [9.17, 15) is 5.11 Å². The highest BCUT2D eigenvalue weighted by Gasteiger charge is 2.14. The van der Waals surface area contributed by atoms with E-state index < -0.39 is 0 Å². The molecule has 186 valence electrons. The van der Waals surface area contributed by atoms with Gasteiger partial charge in [-0.05, 0) is 63.5 Å². The van der Waals surface area contributed by atoms with Crippen LogP contribution in [-0.2, 0) is 13.1 Å². The molecule has 1 aromatic rings. The molecule has 4 heteroatoms. The lowest BCUT2D eigenvalue weighted by Gasteiger charge is -2.26. The number of hydrogen-bond donors (Lipinski definition) is 2. The third-order valence-corrected chi connectivity index (χ3v) is 6.44. The molecular formula is C28H53N3O. The second-order valence-corrected chi connectivity index (χ2v) is 9.56. The van der Waals surface area contributed by atoms with Crippen LogP contribution in [-0.4, -0.2) is 41.1 Å². The van der Waals surface area contributed by atoms with Crippen LogP contribution in [0.4, 0.5) is 5.69 Å². The summed E-state index contributed by atoms with van der Waals surface area (Å²) in [7, 11) is 0. The van der Waals surface area contributed by atoms with Crippen LogP contribution in [0.1, 0.15) is 116 Å². The second-order valence-electron chi connectivity index (χ2n) is 9.56. The number of rotatable bonds is 20. The van der Waals surface area contributed by atoms with Gasteiger partial charge < -0.3 is 10.8 Å². The third kappa shape index (κ3) is 12.1. The van der Waals surface area contributed by atoms with Crippen molar-refractivity contribution < 1.29 is 5.11 Å². The number of anilines is 1. The van der Waals surface area contributed by atoms with Gasteiger partial charge >= 0.3 is 0 Å². The van der Waals surface area contributed by atoms with Crippen LogP contribution < -0.4 is 5.73 Å². The van der Waals surface area contributed by atoms with Gasteiger partial charge in [0.25, 0.3) is 0 Å². The minimum absolute atomic E-state index is 0.353. The van der Waals surface area contributed by atoms with Gasteiger partial charge in [-0.3, -0.25) is 9.80 Å². The molecule has 0 atom stereocenters. The Kier molecular flexibility index (Phi) is 16.4. The molecule has 0 fully saturated rings. The van der Waals surface area contributed by atoms with Gasteiger partial charge in [0.05, 0.1) is 0 Å². The largest absolute Gasteiger partial charge is 0.508 e. The lowest BCUT2D eigenvalue weighted by molar-refractivity contribution is 0.248. The highest BCUT2D eigenvalue weighted by molar-refractivity contribution is 5.54. The fraction of sp³-hybridized carbons (Fsp3) is 0.786. The molecule has 32 heavy (non-hydrogen) atoms. The smallest absolute Gasteiger partial charge is 0.122 e. The van der Waals surface area contributed by atoms with Crippen molar-refractivity contribution >= 4 is 5.69 Å². The normalized spacial score (nSPS) is 11.7. The van der Waals surface area contributed by atoms with Gasteiger partial charge in [-0.1, -0.05) is 79.1 Å². The first-order valence-electron chi connectivity index (χ1n) is 13.6. The number of nitrogens with zero attached hydrogens (tertiary/aromatic N) is 2. The molecule has 1 aromatic carbocycles. The number of benzene rings is 1. The number of nitrogen functional groups attached to an aromatic ring is 1. The molecule has 0 bridgehead atoms. The average molecular weight is 448 g/mol. The summed E-state index contributed by atoms with van der Waals surface area (Å²) in [6.07, 6.45) is 15.0. The summed E-state index contributed by atoms with van der Waals surface area (Å²) >= 11 is 0. The maximum Gasteiger partial charge on any atom is 0.122 e. The van der Waals surface area contributed by atoms with E-state index in [1.165, 1.54) is 82.6 Å². The molecule has 3 N–H and O–H groups in total. The van der Waals surface area contributed by atoms with Crippen molar-refractivity contribution in [2.45, 2.75) is 118 Å². The Bertz CT molecular complexity index is 523. The number of unbranched alkanes of at least 4 members (excludes halogenated alkanes) is 8. The van der Waals surface area contributed by atoms with Crippen molar-refractivity contribution in [1.82, 2.24) is 9.80 Å². The highest BCUT2D eigenvalue weighted by Crippen LogP contribution is 2.27. The lowest BCUT2D eigenvalue weighted by Crippen LogP contribution is -2.27. The maximum absolute atomic E-state index is 10.7. The molecule has 0 aliphatic rings. The predicted octanol–water partition coefficient (Wildman–Crippen LogP) is 7.34. The zero-order valence-corrected chi connectivity index (χ0v) is 21.8. The summed E-state index contributed by atoms with van der Waals surface area (Å²) in [6.45, 7) is 15.2. The monoisotopic (exact) mass is 447 g/mol.